The van der Waals surface area contributed by atoms with Crippen LogP contribution in [0.25, 0.3) is 0 Å². The van der Waals surface area contributed by atoms with Gasteiger partial charge in [0.25, 0.3) is 5.91 Å². The number of anilines is 1. The van der Waals surface area contributed by atoms with E-state index in [1.165, 1.54) is 0 Å². The maximum atomic E-state index is 12.9. The largest absolute Gasteiger partial charge is 0.338 e. The normalized spacial score (nSPS) is 16.9. The van der Waals surface area contributed by atoms with Gasteiger partial charge in [0.1, 0.15) is 0 Å². The van der Waals surface area contributed by atoms with Crippen LogP contribution in [0.2, 0.25) is 5.02 Å². The van der Waals surface area contributed by atoms with Crippen LogP contribution in [-0.2, 0) is 4.79 Å². The molecule has 1 saturated heterocycles. The molecular formula is C22H25ClN2O2. The Morgan fingerprint density at radius 1 is 1.07 bits per heavy atom. The monoisotopic (exact) mass is 384 g/mol. The van der Waals surface area contributed by atoms with Crippen molar-refractivity contribution in [1.29, 1.82) is 0 Å². The number of likely N-dealkylation sites (tertiary alicyclic amines) is 1. The highest BCUT2D eigenvalue weighted by Crippen LogP contribution is 2.24. The van der Waals surface area contributed by atoms with E-state index in [2.05, 4.69) is 11.4 Å². The molecule has 0 aliphatic carbocycles. The van der Waals surface area contributed by atoms with Crippen molar-refractivity contribution in [3.8, 4) is 0 Å². The van der Waals surface area contributed by atoms with Gasteiger partial charge in [-0.05, 0) is 69.5 Å². The average molecular weight is 385 g/mol. The Hall–Kier alpha value is -2.33. The predicted molar refractivity (Wildman–Crippen MR) is 109 cm³/mol. The van der Waals surface area contributed by atoms with E-state index in [1.54, 1.807) is 11.0 Å². The van der Waals surface area contributed by atoms with E-state index in [4.69, 9.17) is 11.6 Å². The van der Waals surface area contributed by atoms with E-state index >= 15 is 0 Å². The van der Waals surface area contributed by atoms with Gasteiger partial charge >= 0.3 is 0 Å². The summed E-state index contributed by atoms with van der Waals surface area (Å²) in [7, 11) is 0. The van der Waals surface area contributed by atoms with Crippen molar-refractivity contribution in [2.75, 3.05) is 18.4 Å². The molecule has 0 saturated carbocycles. The second-order valence-corrected chi connectivity index (χ2v) is 7.85. The van der Waals surface area contributed by atoms with Crippen LogP contribution in [0.1, 0.15) is 39.9 Å². The highest BCUT2D eigenvalue weighted by Gasteiger charge is 2.29. The zero-order valence-corrected chi connectivity index (χ0v) is 16.8. The highest BCUT2D eigenvalue weighted by atomic mass is 35.5. The minimum atomic E-state index is -0.205. The molecule has 3 rings (SSSR count). The van der Waals surface area contributed by atoms with E-state index in [-0.39, 0.29) is 17.7 Å². The van der Waals surface area contributed by atoms with Gasteiger partial charge in [0, 0.05) is 29.4 Å². The van der Waals surface area contributed by atoms with Crippen LogP contribution < -0.4 is 5.32 Å². The number of carbonyl (C=O) groups excluding carboxylic acids is 2. The molecule has 1 atom stereocenters. The SMILES string of the molecule is Cc1cc(C)cc(C(=O)N2CCCC(C(=O)Nc3ccc(Cl)cc3C)C2)c1. The molecule has 0 spiro atoms. The lowest BCUT2D eigenvalue weighted by atomic mass is 9.95. The lowest BCUT2D eigenvalue weighted by Gasteiger charge is -2.32. The number of piperidine rings is 1. The highest BCUT2D eigenvalue weighted by molar-refractivity contribution is 6.30. The molecule has 27 heavy (non-hydrogen) atoms. The molecule has 2 amide bonds. The van der Waals surface area contributed by atoms with Gasteiger partial charge in [-0.3, -0.25) is 9.59 Å². The Morgan fingerprint density at radius 3 is 2.44 bits per heavy atom. The van der Waals surface area contributed by atoms with E-state index in [0.717, 1.165) is 35.2 Å². The van der Waals surface area contributed by atoms with Crippen molar-refractivity contribution < 1.29 is 9.59 Å². The minimum absolute atomic E-state index is 0.00183. The van der Waals surface area contributed by atoms with Gasteiger partial charge in [-0.1, -0.05) is 28.8 Å². The predicted octanol–water partition coefficient (Wildman–Crippen LogP) is 4.76. The molecule has 4 nitrogen and oxygen atoms in total. The Labute approximate surface area is 165 Å². The summed E-state index contributed by atoms with van der Waals surface area (Å²) in [6, 6.07) is 11.3. The van der Waals surface area contributed by atoms with Gasteiger partial charge in [-0.15, -0.1) is 0 Å². The van der Waals surface area contributed by atoms with E-state index in [0.29, 0.717) is 23.7 Å². The molecule has 0 aromatic heterocycles. The lowest BCUT2D eigenvalue weighted by molar-refractivity contribution is -0.121. The molecule has 0 radical (unpaired) electrons. The smallest absolute Gasteiger partial charge is 0.253 e. The summed E-state index contributed by atoms with van der Waals surface area (Å²) in [6.45, 7) is 7.04. The molecule has 2 aromatic rings. The zero-order valence-electron chi connectivity index (χ0n) is 16.0. The molecule has 1 unspecified atom stereocenters. The van der Waals surface area contributed by atoms with Crippen LogP contribution in [0, 0.1) is 26.7 Å². The van der Waals surface area contributed by atoms with Crippen molar-refractivity contribution in [2.45, 2.75) is 33.6 Å². The standard InChI is InChI=1S/C22H25ClN2O2/c1-14-9-15(2)11-18(10-14)22(27)25-8-4-5-17(13-25)21(26)24-20-7-6-19(23)12-16(20)3/h6-7,9-12,17H,4-5,8,13H2,1-3H3,(H,24,26). The summed E-state index contributed by atoms with van der Waals surface area (Å²) in [4.78, 5) is 27.4. The number of nitrogens with one attached hydrogen (secondary N) is 1. The van der Waals surface area contributed by atoms with Crippen molar-refractivity contribution >= 4 is 29.1 Å². The maximum Gasteiger partial charge on any atom is 0.253 e. The number of nitrogens with zero attached hydrogens (tertiary/aromatic N) is 1. The van der Waals surface area contributed by atoms with Crippen LogP contribution in [0.5, 0.6) is 0 Å². The van der Waals surface area contributed by atoms with Gasteiger partial charge in [-0.2, -0.15) is 0 Å². The van der Waals surface area contributed by atoms with Crippen LogP contribution in [0.3, 0.4) is 0 Å². The van der Waals surface area contributed by atoms with Gasteiger partial charge in [0.15, 0.2) is 0 Å². The second kappa shape index (κ2) is 8.13. The summed E-state index contributed by atoms with van der Waals surface area (Å²) in [6.07, 6.45) is 1.61. The van der Waals surface area contributed by atoms with E-state index in [1.807, 2.05) is 45.0 Å². The molecule has 1 fully saturated rings. The number of hydrogen-bond acceptors (Lipinski definition) is 2. The number of aryl methyl sites for hydroxylation is 3. The van der Waals surface area contributed by atoms with Crippen molar-refractivity contribution in [2.24, 2.45) is 5.92 Å². The molecular weight excluding hydrogens is 360 g/mol. The summed E-state index contributed by atoms with van der Waals surface area (Å²) >= 11 is 5.98. The van der Waals surface area contributed by atoms with Gasteiger partial charge in [0.05, 0.1) is 5.92 Å². The number of hydrogen-bond donors (Lipinski definition) is 1. The molecule has 142 valence electrons. The summed E-state index contributed by atoms with van der Waals surface area (Å²) in [5, 5.41) is 3.64. The van der Waals surface area contributed by atoms with Crippen LogP contribution in [-0.4, -0.2) is 29.8 Å². The summed E-state index contributed by atoms with van der Waals surface area (Å²) < 4.78 is 0. The van der Waals surface area contributed by atoms with E-state index in [9.17, 15) is 9.59 Å². The summed E-state index contributed by atoms with van der Waals surface area (Å²) in [5.41, 5.74) is 4.53. The minimum Gasteiger partial charge on any atom is -0.338 e. The van der Waals surface area contributed by atoms with Gasteiger partial charge in [-0.25, -0.2) is 0 Å². The number of rotatable bonds is 3. The third-order valence-electron chi connectivity index (χ3n) is 4.99. The molecule has 1 N–H and O–H groups in total. The zero-order chi connectivity index (χ0) is 19.6. The van der Waals surface area contributed by atoms with Gasteiger partial charge in [0.2, 0.25) is 5.91 Å². The number of halogens is 1. The van der Waals surface area contributed by atoms with Crippen molar-refractivity contribution in [3.05, 3.63) is 63.7 Å². The topological polar surface area (TPSA) is 49.4 Å². The third-order valence-corrected chi connectivity index (χ3v) is 5.23. The fraction of sp³-hybridized carbons (Fsp3) is 0.364. The van der Waals surface area contributed by atoms with E-state index < -0.39 is 0 Å². The van der Waals surface area contributed by atoms with Crippen LogP contribution in [0.15, 0.2) is 36.4 Å². The molecule has 2 aromatic carbocycles. The van der Waals surface area contributed by atoms with Crippen molar-refractivity contribution in [1.82, 2.24) is 4.90 Å². The molecule has 1 heterocycles. The molecule has 1 aliphatic rings. The van der Waals surface area contributed by atoms with Crippen LogP contribution >= 0.6 is 11.6 Å². The number of benzene rings is 2. The quantitative estimate of drug-likeness (QED) is 0.829. The maximum absolute atomic E-state index is 12.9. The van der Waals surface area contributed by atoms with Crippen LogP contribution in [0.4, 0.5) is 5.69 Å². The van der Waals surface area contributed by atoms with Gasteiger partial charge < -0.3 is 10.2 Å². The fourth-order valence-corrected chi connectivity index (χ4v) is 3.89. The second-order valence-electron chi connectivity index (χ2n) is 7.42. The fourth-order valence-electron chi connectivity index (χ4n) is 3.66. The number of carbonyl (C=O) groups is 2. The first-order valence-corrected chi connectivity index (χ1v) is 9.66. The first-order chi connectivity index (χ1) is 12.8. The summed E-state index contributed by atoms with van der Waals surface area (Å²) in [5.74, 6) is -0.246. The molecule has 1 aliphatic heterocycles. The third kappa shape index (κ3) is 4.69. The van der Waals surface area contributed by atoms with Crippen molar-refractivity contribution in [3.63, 3.8) is 0 Å². The Bertz CT molecular complexity index is 858. The first kappa shape index (κ1) is 19.4. The Morgan fingerprint density at radius 2 is 1.78 bits per heavy atom. The Balaban J connectivity index is 1.69. The average Bonchev–Trinajstić information content (AvgIpc) is 2.62. The molecule has 5 heteroatoms. The lowest BCUT2D eigenvalue weighted by Crippen LogP contribution is -2.43. The molecule has 0 bridgehead atoms. The first-order valence-electron chi connectivity index (χ1n) is 9.28. The Kier molecular flexibility index (Phi) is 5.85. The number of amides is 2.